The molecular weight excluding hydrogens is 104 g/mol. The van der Waals surface area contributed by atoms with E-state index in [2.05, 4.69) is 0 Å². The van der Waals surface area contributed by atoms with Gasteiger partial charge in [-0.2, -0.15) is 0 Å². The van der Waals surface area contributed by atoms with E-state index in [1.54, 1.807) is 19.9 Å². The molecule has 0 aromatic heterocycles. The maximum Gasteiger partial charge on any atom is 0.330 e. The summed E-state index contributed by atoms with van der Waals surface area (Å²) in [5.74, 6) is -0.845. The molecule has 0 aliphatic carbocycles. The Kier molecular flexibility index (Phi) is 5.60. The third-order valence-electron chi connectivity index (χ3n) is 0.770. The van der Waals surface area contributed by atoms with E-state index in [4.69, 9.17) is 5.11 Å². The summed E-state index contributed by atoms with van der Waals surface area (Å²) in [7, 11) is 0. The third kappa shape index (κ3) is 3.40. The Hall–Kier alpha value is -0.790. The van der Waals surface area contributed by atoms with Gasteiger partial charge in [0.2, 0.25) is 0 Å². The summed E-state index contributed by atoms with van der Waals surface area (Å²) in [5, 5.41) is 8.11. The van der Waals surface area contributed by atoms with Crippen LogP contribution in [0, 0.1) is 7.43 Å². The lowest BCUT2D eigenvalue weighted by Gasteiger charge is -1.84. The molecule has 0 heterocycles. The molecule has 0 aromatic rings. The Balaban J connectivity index is 0. The van der Waals surface area contributed by atoms with E-state index in [-0.39, 0.29) is 7.43 Å². The van der Waals surface area contributed by atoms with Crippen LogP contribution < -0.4 is 0 Å². The van der Waals surface area contributed by atoms with Gasteiger partial charge in [-0.15, -0.1) is 0 Å². The van der Waals surface area contributed by atoms with E-state index >= 15 is 0 Å². The van der Waals surface area contributed by atoms with E-state index < -0.39 is 5.97 Å². The van der Waals surface area contributed by atoms with Gasteiger partial charge in [0, 0.05) is 5.57 Å². The molecule has 2 nitrogen and oxygen atoms in total. The minimum Gasteiger partial charge on any atom is -0.478 e. The predicted octanol–water partition coefficient (Wildman–Crippen LogP) is 1.49. The number of carboxylic acids is 1. The molecule has 8 heavy (non-hydrogen) atoms. The lowest BCUT2D eigenvalue weighted by atomic mass is 10.3. The van der Waals surface area contributed by atoms with Gasteiger partial charge < -0.3 is 5.11 Å². The van der Waals surface area contributed by atoms with Crippen molar-refractivity contribution >= 4 is 5.97 Å². The molecule has 0 fully saturated rings. The Bertz CT molecular complexity index is 103. The molecule has 0 bridgehead atoms. The molecule has 0 aliphatic heterocycles. The van der Waals surface area contributed by atoms with Crippen molar-refractivity contribution in [3.05, 3.63) is 19.1 Å². The number of hydrogen-bond acceptors (Lipinski definition) is 1. The van der Waals surface area contributed by atoms with Gasteiger partial charge in [-0.05, 0) is 13.8 Å². The normalized spacial score (nSPS) is 10.0. The lowest BCUT2D eigenvalue weighted by Crippen LogP contribution is -1.93. The average molecular weight is 115 g/mol. The molecule has 1 radical (unpaired) electrons. The van der Waals surface area contributed by atoms with E-state index in [9.17, 15) is 4.79 Å². The lowest BCUT2D eigenvalue weighted by molar-refractivity contribution is -0.132. The van der Waals surface area contributed by atoms with E-state index in [1.165, 1.54) is 0 Å². The molecule has 0 unspecified atom stereocenters. The first-order valence-corrected chi connectivity index (χ1v) is 2.04. The van der Waals surface area contributed by atoms with Crippen LogP contribution in [0.25, 0.3) is 0 Å². The van der Waals surface area contributed by atoms with Crippen LogP contribution in [0.3, 0.4) is 0 Å². The number of rotatable bonds is 1. The number of allylic oxidation sites excluding steroid dienone is 1. The maximum atomic E-state index is 9.86. The van der Waals surface area contributed by atoms with Crippen molar-refractivity contribution in [1.82, 2.24) is 0 Å². The first kappa shape index (κ1) is 10.2. The number of carboxylic acid groups (broad SMARTS) is 1. The molecule has 1 N–H and O–H groups in total. The quantitative estimate of drug-likeness (QED) is 0.525. The van der Waals surface area contributed by atoms with Gasteiger partial charge in [0.15, 0.2) is 0 Å². The van der Waals surface area contributed by atoms with Crippen LogP contribution in [-0.4, -0.2) is 11.1 Å². The molecule has 2 heteroatoms. The highest BCUT2D eigenvalue weighted by atomic mass is 16.4. The van der Waals surface area contributed by atoms with Crippen molar-refractivity contribution in [3.63, 3.8) is 0 Å². The van der Waals surface area contributed by atoms with Crippen molar-refractivity contribution in [2.24, 2.45) is 0 Å². The van der Waals surface area contributed by atoms with Crippen LogP contribution in [0.15, 0.2) is 11.6 Å². The smallest absolute Gasteiger partial charge is 0.330 e. The zero-order valence-corrected chi connectivity index (χ0v) is 5.43. The van der Waals surface area contributed by atoms with Gasteiger partial charge >= 0.3 is 5.97 Å². The molecule has 0 saturated carbocycles. The second kappa shape index (κ2) is 4.37. The minimum atomic E-state index is -0.845. The van der Waals surface area contributed by atoms with Crippen LogP contribution in [0.1, 0.15) is 13.8 Å². The van der Waals surface area contributed by atoms with Crippen LogP contribution in [0.4, 0.5) is 0 Å². The third-order valence-corrected chi connectivity index (χ3v) is 0.770. The van der Waals surface area contributed by atoms with Crippen LogP contribution in [-0.2, 0) is 4.79 Å². The zero-order valence-electron chi connectivity index (χ0n) is 5.43. The Morgan fingerprint density at radius 3 is 2.00 bits per heavy atom. The number of carbonyl (C=O) groups is 1. The summed E-state index contributed by atoms with van der Waals surface area (Å²) in [6, 6.07) is 0. The van der Waals surface area contributed by atoms with Crippen molar-refractivity contribution in [3.8, 4) is 0 Å². The molecule has 0 saturated heterocycles. The zero-order chi connectivity index (χ0) is 5.86. The van der Waals surface area contributed by atoms with Crippen molar-refractivity contribution in [1.29, 1.82) is 0 Å². The van der Waals surface area contributed by atoms with Gasteiger partial charge in [0.25, 0.3) is 0 Å². The van der Waals surface area contributed by atoms with Crippen molar-refractivity contribution in [2.45, 2.75) is 13.8 Å². The standard InChI is InChI=1S/C5H8O2.CH3/c1-3-4(2)5(6)7;/h3H,1-2H3,(H,6,7);1H3. The van der Waals surface area contributed by atoms with Gasteiger partial charge in [-0.1, -0.05) is 13.5 Å². The predicted molar refractivity (Wildman–Crippen MR) is 33.5 cm³/mol. The summed E-state index contributed by atoms with van der Waals surface area (Å²) in [4.78, 5) is 9.86. The van der Waals surface area contributed by atoms with Crippen molar-refractivity contribution < 1.29 is 9.90 Å². The molecular formula is C6H11O2. The molecule has 0 rings (SSSR count). The molecule has 0 atom stereocenters. The topological polar surface area (TPSA) is 37.3 Å². The van der Waals surface area contributed by atoms with Gasteiger partial charge in [-0.25, -0.2) is 4.79 Å². The van der Waals surface area contributed by atoms with Gasteiger partial charge in [0.1, 0.15) is 0 Å². The average Bonchev–Trinajstić information content (AvgIpc) is 1.65. The first-order chi connectivity index (χ1) is 3.18. The molecule has 0 spiro atoms. The Morgan fingerprint density at radius 2 is 2.00 bits per heavy atom. The van der Waals surface area contributed by atoms with Crippen LogP contribution >= 0.6 is 0 Å². The van der Waals surface area contributed by atoms with E-state index in [0.717, 1.165) is 0 Å². The second-order valence-electron chi connectivity index (χ2n) is 1.28. The largest absolute Gasteiger partial charge is 0.478 e. The Labute approximate surface area is 49.8 Å². The second-order valence-corrected chi connectivity index (χ2v) is 1.28. The monoisotopic (exact) mass is 115 g/mol. The fraction of sp³-hybridized carbons (Fsp3) is 0.333. The highest BCUT2D eigenvalue weighted by molar-refractivity contribution is 5.85. The summed E-state index contributed by atoms with van der Waals surface area (Å²) < 4.78 is 0. The molecule has 0 aromatic carbocycles. The summed E-state index contributed by atoms with van der Waals surface area (Å²) in [6.07, 6.45) is 1.56. The molecule has 0 aliphatic rings. The SMILES string of the molecule is CC=C(C)C(=O)O.[CH3]. The van der Waals surface area contributed by atoms with Crippen LogP contribution in [0.2, 0.25) is 0 Å². The van der Waals surface area contributed by atoms with E-state index in [0.29, 0.717) is 5.57 Å². The number of hydrogen-bond donors (Lipinski definition) is 1. The Morgan fingerprint density at radius 1 is 1.62 bits per heavy atom. The summed E-state index contributed by atoms with van der Waals surface area (Å²) in [5.41, 5.74) is 0.389. The highest BCUT2D eigenvalue weighted by Gasteiger charge is 1.93. The first-order valence-electron chi connectivity index (χ1n) is 2.04. The highest BCUT2D eigenvalue weighted by Crippen LogP contribution is 1.87. The minimum absolute atomic E-state index is 0. The maximum absolute atomic E-state index is 9.86. The summed E-state index contributed by atoms with van der Waals surface area (Å²) in [6.45, 7) is 3.26. The number of aliphatic carboxylic acids is 1. The van der Waals surface area contributed by atoms with Gasteiger partial charge in [-0.3, -0.25) is 0 Å². The fourth-order valence-corrected chi connectivity index (χ4v) is 0.123. The molecule has 47 valence electrons. The van der Waals surface area contributed by atoms with Crippen LogP contribution in [0.5, 0.6) is 0 Å². The summed E-state index contributed by atoms with van der Waals surface area (Å²) >= 11 is 0. The van der Waals surface area contributed by atoms with Gasteiger partial charge in [0.05, 0.1) is 0 Å². The fourth-order valence-electron chi connectivity index (χ4n) is 0.123. The molecule has 0 amide bonds. The van der Waals surface area contributed by atoms with Crippen molar-refractivity contribution in [2.75, 3.05) is 0 Å². The van der Waals surface area contributed by atoms with E-state index in [1.807, 2.05) is 0 Å².